The third-order valence-corrected chi connectivity index (χ3v) is 11.4. The average molecular weight is 746 g/mol. The van der Waals surface area contributed by atoms with Gasteiger partial charge in [-0.1, -0.05) is 66.4 Å². The van der Waals surface area contributed by atoms with Crippen LogP contribution in [0.25, 0.3) is 22.2 Å². The number of benzene rings is 2. The number of nitrogens with zero attached hydrogens (tertiary/aromatic N) is 2. The van der Waals surface area contributed by atoms with Crippen LogP contribution in [-0.2, 0) is 30.3 Å². The van der Waals surface area contributed by atoms with Crippen LogP contribution in [0.3, 0.4) is 0 Å². The number of fused-ring (bicyclic) bond motifs is 3. The van der Waals surface area contributed by atoms with E-state index in [0.717, 1.165) is 43.1 Å². The van der Waals surface area contributed by atoms with E-state index in [1.807, 2.05) is 66.7 Å². The third kappa shape index (κ3) is 9.05. The fourth-order valence-electron chi connectivity index (χ4n) is 7.13. The maximum absolute atomic E-state index is 14.1. The Kier molecular flexibility index (Phi) is 11.8. The molecule has 3 fully saturated rings. The lowest BCUT2D eigenvalue weighted by atomic mass is 9.95. The Morgan fingerprint density at radius 1 is 1.09 bits per heavy atom. The first kappa shape index (κ1) is 37.9. The lowest BCUT2D eigenvalue weighted by Gasteiger charge is -2.28. The number of carbonyl (C=O) groups excluding carboxylic acids is 3. The Morgan fingerprint density at radius 3 is 2.53 bits per heavy atom. The number of carboxylic acid groups (broad SMARTS) is 1. The van der Waals surface area contributed by atoms with Crippen LogP contribution in [0.5, 0.6) is 11.5 Å². The van der Waals surface area contributed by atoms with Crippen molar-refractivity contribution in [1.82, 2.24) is 15.2 Å². The number of hydrogen-bond donors (Lipinski definition) is 3. The molecule has 2 aromatic carbocycles. The minimum atomic E-state index is -1.76. The Morgan fingerprint density at radius 2 is 1.87 bits per heavy atom. The molecule has 3 aromatic rings. The molecule has 7 rings (SSSR count). The van der Waals surface area contributed by atoms with Gasteiger partial charge in [0.15, 0.2) is 0 Å². The first-order chi connectivity index (χ1) is 25.5. The lowest BCUT2D eigenvalue weighted by molar-refractivity contribution is -0.147. The normalized spacial score (nSPS) is 27.0. The van der Waals surface area contributed by atoms with Crippen LogP contribution >= 0.6 is 0 Å². The molecule has 3 heterocycles. The molecule has 3 amide bonds. The van der Waals surface area contributed by atoms with Crippen molar-refractivity contribution in [2.45, 2.75) is 87.1 Å². The van der Waals surface area contributed by atoms with Crippen molar-refractivity contribution >= 4 is 45.7 Å². The van der Waals surface area contributed by atoms with E-state index < -0.39 is 58.4 Å². The summed E-state index contributed by atoms with van der Waals surface area (Å²) in [4.78, 5) is 58.7. The molecule has 2 aliphatic carbocycles. The van der Waals surface area contributed by atoms with Crippen molar-refractivity contribution in [2.24, 2.45) is 17.6 Å². The van der Waals surface area contributed by atoms with E-state index >= 15 is 0 Å². The number of primary amides is 1. The quantitative estimate of drug-likeness (QED) is 0.221. The predicted molar refractivity (Wildman–Crippen MR) is 196 cm³/mol. The van der Waals surface area contributed by atoms with Crippen molar-refractivity contribution in [3.05, 3.63) is 66.7 Å². The molecule has 1 unspecified atom stereocenters. The summed E-state index contributed by atoms with van der Waals surface area (Å²) < 4.78 is 31.6. The second-order valence-electron chi connectivity index (χ2n) is 14.2. The highest BCUT2D eigenvalue weighted by atomic mass is 32.2. The molecule has 4 N–H and O–H groups in total. The number of ether oxygens (including phenoxy) is 2. The zero-order valence-corrected chi connectivity index (χ0v) is 30.4. The molecule has 1 saturated heterocycles. The minimum Gasteiger partial charge on any atom is -0.772 e. The van der Waals surface area contributed by atoms with E-state index in [9.17, 15) is 33.0 Å². The Bertz CT molecular complexity index is 1900. The van der Waals surface area contributed by atoms with E-state index in [2.05, 4.69) is 5.32 Å². The maximum atomic E-state index is 14.1. The SMILES string of the molecule is COc1ccc2c(O[C@@H]3C[C@H]4C(=O)N[C@]5(C(N)=O)C[C@H]5/C=C\CCCCC[C@H](CC(=O)O)C(=O)N4C3)cc(-c3ccccc3)nc2c1.O=S([O-])C1CC1. The first-order valence-corrected chi connectivity index (χ1v) is 19.2. The molecule has 2 saturated carbocycles. The van der Waals surface area contributed by atoms with Crippen LogP contribution in [0, 0.1) is 11.8 Å². The number of carboxylic acids is 1. The fraction of sp³-hybridized carbons (Fsp3) is 0.462. The topological polar surface area (TPSA) is 201 Å². The minimum absolute atomic E-state index is 0.0185. The second kappa shape index (κ2) is 16.5. The molecule has 53 heavy (non-hydrogen) atoms. The zero-order valence-electron chi connectivity index (χ0n) is 29.6. The standard InChI is InChI=1S/C36H40N4O7.C3H6O2S/c1-46-25-14-15-27-29(17-25)38-28(22-10-7-5-8-11-22)19-31(27)47-26-18-30-33(43)39-36(35(37)45)20-24(36)13-9-4-2-3-6-12-23(16-32(41)42)34(44)40(30)21-26;4-6(5)3-1-2-3/h5,7-11,13-15,17,19,23-24,26,30H,2-4,6,12,16,18,20-21H2,1H3,(H2,37,45)(H,39,43)(H,41,42);3H,1-2H2,(H,4,5)/p-1/b13-9-;/t23-,24-,26-,30+,36-;/m1./s1. The van der Waals surface area contributed by atoms with E-state index in [1.165, 1.54) is 4.90 Å². The van der Waals surface area contributed by atoms with Gasteiger partial charge >= 0.3 is 5.97 Å². The van der Waals surface area contributed by atoms with Crippen molar-refractivity contribution in [3.63, 3.8) is 0 Å². The Hall–Kier alpha value is -4.82. The number of nitrogens with one attached hydrogen (secondary N) is 1. The second-order valence-corrected chi connectivity index (χ2v) is 15.4. The number of hydrogen-bond acceptors (Lipinski definition) is 9. The summed E-state index contributed by atoms with van der Waals surface area (Å²) in [5.74, 6) is -2.44. The maximum Gasteiger partial charge on any atom is 0.304 e. The molecule has 0 bridgehead atoms. The van der Waals surface area contributed by atoms with Crippen molar-refractivity contribution in [1.29, 1.82) is 0 Å². The molecule has 2 aliphatic heterocycles. The van der Waals surface area contributed by atoms with Gasteiger partial charge in [0, 0.05) is 46.6 Å². The van der Waals surface area contributed by atoms with Crippen LogP contribution in [0.1, 0.15) is 64.2 Å². The van der Waals surface area contributed by atoms with Crippen LogP contribution in [-0.4, -0.2) is 84.0 Å². The van der Waals surface area contributed by atoms with Crippen LogP contribution in [0.15, 0.2) is 66.7 Å². The van der Waals surface area contributed by atoms with Crippen molar-refractivity contribution < 1.29 is 42.5 Å². The lowest BCUT2D eigenvalue weighted by Crippen LogP contribution is -2.55. The van der Waals surface area contributed by atoms with E-state index in [-0.39, 0.29) is 30.6 Å². The van der Waals surface area contributed by atoms with Crippen LogP contribution < -0.4 is 20.5 Å². The number of methoxy groups -OCH3 is 1. The molecule has 0 spiro atoms. The summed E-state index contributed by atoms with van der Waals surface area (Å²) in [6, 6.07) is 16.0. The summed E-state index contributed by atoms with van der Waals surface area (Å²) >= 11 is -1.76. The molecule has 14 heteroatoms. The van der Waals surface area contributed by atoms with Gasteiger partial charge in [-0.05, 0) is 50.7 Å². The number of rotatable bonds is 8. The smallest absolute Gasteiger partial charge is 0.304 e. The summed E-state index contributed by atoms with van der Waals surface area (Å²) in [5.41, 5.74) is 6.81. The molecule has 1 aromatic heterocycles. The van der Waals surface area contributed by atoms with Crippen molar-refractivity contribution in [2.75, 3.05) is 13.7 Å². The molecule has 0 radical (unpaired) electrons. The summed E-state index contributed by atoms with van der Waals surface area (Å²) in [6.07, 6.45) is 8.88. The van der Waals surface area contributed by atoms with Gasteiger partial charge in [0.05, 0.1) is 31.3 Å². The molecular weight excluding hydrogens is 701 g/mol. The predicted octanol–water partition coefficient (Wildman–Crippen LogP) is 4.26. The van der Waals surface area contributed by atoms with E-state index in [1.54, 1.807) is 7.11 Å². The van der Waals surface area contributed by atoms with Gasteiger partial charge in [0.25, 0.3) is 0 Å². The number of nitrogens with two attached hydrogens (primary N) is 1. The van der Waals surface area contributed by atoms with Gasteiger partial charge in [0.2, 0.25) is 17.7 Å². The van der Waals surface area contributed by atoms with Gasteiger partial charge < -0.3 is 35.1 Å². The highest BCUT2D eigenvalue weighted by Crippen LogP contribution is 2.45. The highest BCUT2D eigenvalue weighted by molar-refractivity contribution is 7.80. The van der Waals surface area contributed by atoms with E-state index in [4.69, 9.17) is 20.2 Å². The molecule has 13 nitrogen and oxygen atoms in total. The number of aromatic nitrogens is 1. The number of pyridine rings is 1. The Balaban J connectivity index is 0.000000729. The van der Waals surface area contributed by atoms with Crippen LogP contribution in [0.4, 0.5) is 0 Å². The molecule has 6 atom stereocenters. The molecule has 282 valence electrons. The number of carbonyl (C=O) groups is 4. The first-order valence-electron chi connectivity index (χ1n) is 18.1. The largest absolute Gasteiger partial charge is 0.772 e. The molecular formula is C39H45N4O9S-. The van der Waals surface area contributed by atoms with Gasteiger partial charge in [-0.3, -0.25) is 23.4 Å². The number of aliphatic carboxylic acids is 1. The third-order valence-electron chi connectivity index (χ3n) is 10.3. The highest BCUT2D eigenvalue weighted by Gasteiger charge is 2.60. The van der Waals surface area contributed by atoms with Gasteiger partial charge in [-0.15, -0.1) is 0 Å². The summed E-state index contributed by atoms with van der Waals surface area (Å²) in [5, 5.41) is 13.3. The average Bonchev–Trinajstić information content (AvgIpc) is 4.07. The van der Waals surface area contributed by atoms with Crippen LogP contribution in [0.2, 0.25) is 0 Å². The number of allylic oxidation sites excluding steroid dienone is 1. The summed E-state index contributed by atoms with van der Waals surface area (Å²) in [7, 11) is 1.58. The molecule has 4 aliphatic rings. The fourth-order valence-corrected chi connectivity index (χ4v) is 7.65. The number of amides is 3. The van der Waals surface area contributed by atoms with Gasteiger partial charge in [-0.25, -0.2) is 4.98 Å². The van der Waals surface area contributed by atoms with Gasteiger partial charge in [-0.2, -0.15) is 0 Å². The monoisotopic (exact) mass is 745 g/mol. The van der Waals surface area contributed by atoms with Gasteiger partial charge in [0.1, 0.15) is 29.2 Å². The summed E-state index contributed by atoms with van der Waals surface area (Å²) in [6.45, 7) is 0.0700. The van der Waals surface area contributed by atoms with E-state index in [0.29, 0.717) is 42.0 Å². The Labute approximate surface area is 310 Å². The van der Waals surface area contributed by atoms with Crippen molar-refractivity contribution in [3.8, 4) is 22.8 Å². The zero-order chi connectivity index (χ0) is 37.7.